The highest BCUT2D eigenvalue weighted by Crippen LogP contribution is 2.33. The SMILES string of the molecule is CCCC(=O)Nc1ccc(Cl)c(NC(=S)NC(=O)COc2ccc(C3CCCCC3)cc2)c1. The zero-order chi connectivity index (χ0) is 23.6. The van der Waals surface area contributed by atoms with Crippen molar-refractivity contribution in [1.29, 1.82) is 0 Å². The number of benzene rings is 2. The van der Waals surface area contributed by atoms with Crippen LogP contribution in [0.1, 0.15) is 63.4 Å². The van der Waals surface area contributed by atoms with Gasteiger partial charge in [0.25, 0.3) is 5.91 Å². The van der Waals surface area contributed by atoms with E-state index in [1.165, 1.54) is 37.7 Å². The van der Waals surface area contributed by atoms with E-state index in [1.54, 1.807) is 18.2 Å². The van der Waals surface area contributed by atoms with Crippen molar-refractivity contribution in [2.75, 3.05) is 17.2 Å². The quantitative estimate of drug-likeness (QED) is 0.397. The van der Waals surface area contributed by atoms with Crippen molar-refractivity contribution in [1.82, 2.24) is 5.32 Å². The molecule has 0 spiro atoms. The first-order valence-electron chi connectivity index (χ1n) is 11.4. The summed E-state index contributed by atoms with van der Waals surface area (Å²) < 4.78 is 5.60. The number of hydrogen-bond donors (Lipinski definition) is 3. The summed E-state index contributed by atoms with van der Waals surface area (Å²) in [4.78, 5) is 24.1. The van der Waals surface area contributed by atoms with E-state index < -0.39 is 0 Å². The van der Waals surface area contributed by atoms with Gasteiger partial charge >= 0.3 is 0 Å². The first kappa shape index (κ1) is 25.0. The van der Waals surface area contributed by atoms with Crippen molar-refractivity contribution in [2.45, 2.75) is 57.8 Å². The third kappa shape index (κ3) is 8.02. The third-order valence-electron chi connectivity index (χ3n) is 5.55. The summed E-state index contributed by atoms with van der Waals surface area (Å²) in [6.07, 6.45) is 7.59. The number of nitrogens with one attached hydrogen (secondary N) is 3. The molecular formula is C25H30ClN3O3S. The fourth-order valence-electron chi connectivity index (χ4n) is 3.89. The van der Waals surface area contributed by atoms with Gasteiger partial charge in [0.2, 0.25) is 5.91 Å². The summed E-state index contributed by atoms with van der Waals surface area (Å²) in [6.45, 7) is 1.78. The van der Waals surface area contributed by atoms with Crippen molar-refractivity contribution in [3.05, 3.63) is 53.1 Å². The molecule has 0 aromatic heterocycles. The van der Waals surface area contributed by atoms with Crippen LogP contribution >= 0.6 is 23.8 Å². The fraction of sp³-hybridized carbons (Fsp3) is 0.400. The van der Waals surface area contributed by atoms with Gasteiger partial charge < -0.3 is 15.4 Å². The topological polar surface area (TPSA) is 79.5 Å². The molecule has 0 aliphatic heterocycles. The summed E-state index contributed by atoms with van der Waals surface area (Å²) >= 11 is 11.4. The Hall–Kier alpha value is -2.64. The summed E-state index contributed by atoms with van der Waals surface area (Å²) in [5.74, 6) is 0.810. The van der Waals surface area contributed by atoms with Gasteiger partial charge in [-0.25, -0.2) is 0 Å². The molecule has 3 rings (SSSR count). The molecule has 0 bridgehead atoms. The second-order valence-electron chi connectivity index (χ2n) is 8.19. The number of amides is 2. The smallest absolute Gasteiger partial charge is 0.264 e. The molecule has 0 radical (unpaired) electrons. The van der Waals surface area contributed by atoms with Crippen LogP contribution in [0.5, 0.6) is 5.75 Å². The van der Waals surface area contributed by atoms with E-state index in [0.29, 0.717) is 34.5 Å². The number of carbonyl (C=O) groups excluding carboxylic acids is 2. The zero-order valence-corrected chi connectivity index (χ0v) is 20.4. The maximum Gasteiger partial charge on any atom is 0.264 e. The van der Waals surface area contributed by atoms with Gasteiger partial charge in [0.15, 0.2) is 11.7 Å². The molecule has 1 aliphatic rings. The Bertz CT molecular complexity index is 975. The highest BCUT2D eigenvalue weighted by atomic mass is 35.5. The molecule has 0 unspecified atom stereocenters. The second-order valence-corrected chi connectivity index (χ2v) is 9.00. The average molecular weight is 488 g/mol. The summed E-state index contributed by atoms with van der Waals surface area (Å²) in [6, 6.07) is 13.0. The van der Waals surface area contributed by atoms with Gasteiger partial charge in [0.05, 0.1) is 10.7 Å². The lowest BCUT2D eigenvalue weighted by atomic mass is 9.84. The van der Waals surface area contributed by atoms with Crippen molar-refractivity contribution < 1.29 is 14.3 Å². The number of anilines is 2. The number of thiocarbonyl (C=S) groups is 1. The van der Waals surface area contributed by atoms with E-state index in [1.807, 2.05) is 19.1 Å². The first-order chi connectivity index (χ1) is 15.9. The lowest BCUT2D eigenvalue weighted by molar-refractivity contribution is -0.121. The number of rotatable bonds is 8. The molecular weight excluding hydrogens is 458 g/mol. The average Bonchev–Trinajstić information content (AvgIpc) is 2.81. The van der Waals surface area contributed by atoms with Crippen LogP contribution in [0, 0.1) is 0 Å². The first-order valence-corrected chi connectivity index (χ1v) is 12.2. The molecule has 2 aromatic carbocycles. The number of hydrogen-bond acceptors (Lipinski definition) is 4. The van der Waals surface area contributed by atoms with Crippen LogP contribution in [0.15, 0.2) is 42.5 Å². The van der Waals surface area contributed by atoms with Crippen LogP contribution in [-0.4, -0.2) is 23.5 Å². The monoisotopic (exact) mass is 487 g/mol. The largest absolute Gasteiger partial charge is 0.484 e. The maximum atomic E-state index is 12.2. The number of halogens is 1. The molecule has 0 saturated heterocycles. The van der Waals surface area contributed by atoms with Gasteiger partial charge in [-0.2, -0.15) is 0 Å². The third-order valence-corrected chi connectivity index (χ3v) is 6.09. The van der Waals surface area contributed by atoms with Gasteiger partial charge in [0, 0.05) is 12.1 Å². The lowest BCUT2D eigenvalue weighted by Gasteiger charge is -2.22. The normalized spacial score (nSPS) is 13.8. The van der Waals surface area contributed by atoms with Crippen LogP contribution < -0.4 is 20.7 Å². The van der Waals surface area contributed by atoms with Crippen molar-refractivity contribution in [3.8, 4) is 5.75 Å². The minimum atomic E-state index is -0.382. The molecule has 33 heavy (non-hydrogen) atoms. The van der Waals surface area contributed by atoms with E-state index in [2.05, 4.69) is 28.1 Å². The molecule has 2 amide bonds. The van der Waals surface area contributed by atoms with Crippen LogP contribution in [0.3, 0.4) is 0 Å². The highest BCUT2D eigenvalue weighted by molar-refractivity contribution is 7.80. The molecule has 1 aliphatic carbocycles. The molecule has 0 atom stereocenters. The van der Waals surface area contributed by atoms with Crippen LogP contribution in [0.25, 0.3) is 0 Å². The Morgan fingerprint density at radius 1 is 1.03 bits per heavy atom. The molecule has 8 heteroatoms. The van der Waals surface area contributed by atoms with Crippen molar-refractivity contribution in [3.63, 3.8) is 0 Å². The number of carbonyl (C=O) groups is 2. The molecule has 0 heterocycles. The zero-order valence-electron chi connectivity index (χ0n) is 18.8. The van der Waals surface area contributed by atoms with Gasteiger partial charge in [-0.05, 0) is 73.3 Å². The van der Waals surface area contributed by atoms with E-state index >= 15 is 0 Å². The summed E-state index contributed by atoms with van der Waals surface area (Å²) in [7, 11) is 0. The number of ether oxygens (including phenoxy) is 1. The molecule has 3 N–H and O–H groups in total. The van der Waals surface area contributed by atoms with E-state index in [-0.39, 0.29) is 23.5 Å². The van der Waals surface area contributed by atoms with E-state index in [9.17, 15) is 9.59 Å². The molecule has 2 aromatic rings. The Balaban J connectivity index is 1.46. The van der Waals surface area contributed by atoms with Crippen LogP contribution in [-0.2, 0) is 9.59 Å². The molecule has 1 saturated carbocycles. The van der Waals surface area contributed by atoms with Gasteiger partial charge in [-0.15, -0.1) is 0 Å². The Kier molecular flexibility index (Phi) is 9.51. The minimum absolute atomic E-state index is 0.0782. The lowest BCUT2D eigenvalue weighted by Crippen LogP contribution is -2.37. The predicted molar refractivity (Wildman–Crippen MR) is 137 cm³/mol. The van der Waals surface area contributed by atoms with Crippen LogP contribution in [0.4, 0.5) is 11.4 Å². The van der Waals surface area contributed by atoms with Crippen molar-refractivity contribution in [2.24, 2.45) is 0 Å². The van der Waals surface area contributed by atoms with Gasteiger partial charge in [-0.3, -0.25) is 14.9 Å². The molecule has 6 nitrogen and oxygen atoms in total. The Morgan fingerprint density at radius 2 is 1.76 bits per heavy atom. The Morgan fingerprint density at radius 3 is 2.45 bits per heavy atom. The van der Waals surface area contributed by atoms with Crippen LogP contribution in [0.2, 0.25) is 5.02 Å². The second kappa shape index (κ2) is 12.6. The Labute approximate surface area is 205 Å². The van der Waals surface area contributed by atoms with E-state index in [4.69, 9.17) is 28.6 Å². The summed E-state index contributed by atoms with van der Waals surface area (Å²) in [5.41, 5.74) is 2.41. The maximum absolute atomic E-state index is 12.2. The van der Waals surface area contributed by atoms with Gasteiger partial charge in [0.1, 0.15) is 5.75 Å². The predicted octanol–water partition coefficient (Wildman–Crippen LogP) is 6.02. The van der Waals surface area contributed by atoms with Crippen molar-refractivity contribution >= 4 is 52.1 Å². The van der Waals surface area contributed by atoms with Gasteiger partial charge in [-0.1, -0.05) is 49.9 Å². The highest BCUT2D eigenvalue weighted by Gasteiger charge is 2.15. The fourth-order valence-corrected chi connectivity index (χ4v) is 4.28. The van der Waals surface area contributed by atoms with E-state index in [0.717, 1.165) is 6.42 Å². The minimum Gasteiger partial charge on any atom is -0.484 e. The molecule has 1 fully saturated rings. The summed E-state index contributed by atoms with van der Waals surface area (Å²) in [5, 5.41) is 8.77. The standard InChI is InChI=1S/C25H30ClN3O3S/c1-2-6-23(30)27-19-11-14-21(26)22(15-19)28-25(33)29-24(31)16-32-20-12-9-18(10-13-20)17-7-4-3-5-8-17/h9-15,17H,2-8,16H2,1H3,(H,27,30)(H2,28,29,31,33). The molecule has 176 valence electrons.